The van der Waals surface area contributed by atoms with E-state index in [9.17, 15) is 0 Å². The Balaban J connectivity index is 2.63. The van der Waals surface area contributed by atoms with Crippen LogP contribution in [0.5, 0.6) is 5.75 Å². The zero-order valence-corrected chi connectivity index (χ0v) is 14.1. The molecule has 0 aliphatic heterocycles. The van der Waals surface area contributed by atoms with Crippen LogP contribution in [0.3, 0.4) is 0 Å². The third kappa shape index (κ3) is 6.44. The lowest BCUT2D eigenvalue weighted by Crippen LogP contribution is -2.21. The van der Waals surface area contributed by atoms with Crippen LogP contribution in [-0.4, -0.2) is 12.6 Å². The van der Waals surface area contributed by atoms with E-state index in [1.165, 1.54) is 5.56 Å². The predicted octanol–water partition coefficient (Wildman–Crippen LogP) is 4.54. The molecule has 19 heavy (non-hydrogen) atoms. The fourth-order valence-corrected chi connectivity index (χ4v) is 2.11. The molecule has 0 saturated carbocycles. The van der Waals surface area contributed by atoms with E-state index in [0.29, 0.717) is 5.41 Å². The van der Waals surface area contributed by atoms with E-state index in [1.54, 1.807) is 0 Å². The van der Waals surface area contributed by atoms with Crippen LogP contribution < -0.4 is 10.5 Å². The summed E-state index contributed by atoms with van der Waals surface area (Å²) in [4.78, 5) is 0. The summed E-state index contributed by atoms with van der Waals surface area (Å²) in [5.41, 5.74) is 7.55. The van der Waals surface area contributed by atoms with Gasteiger partial charge in [0.2, 0.25) is 0 Å². The standard InChI is InChI=1S/C16H26BrNO/c1-5-13(18)10-12-11-14(6-7-15(12)17)19-9-8-16(2,3)4/h6-7,11,13H,5,8-10,18H2,1-4H3. The molecule has 0 fully saturated rings. The number of halogens is 1. The highest BCUT2D eigenvalue weighted by Crippen LogP contribution is 2.25. The van der Waals surface area contributed by atoms with Gasteiger partial charge in [-0.2, -0.15) is 0 Å². The Hall–Kier alpha value is -0.540. The molecule has 0 bridgehead atoms. The van der Waals surface area contributed by atoms with Gasteiger partial charge in [0, 0.05) is 10.5 Å². The van der Waals surface area contributed by atoms with Crippen molar-refractivity contribution in [3.05, 3.63) is 28.2 Å². The molecule has 0 aliphatic rings. The van der Waals surface area contributed by atoms with E-state index in [1.807, 2.05) is 12.1 Å². The van der Waals surface area contributed by atoms with E-state index >= 15 is 0 Å². The fourth-order valence-electron chi connectivity index (χ4n) is 1.70. The lowest BCUT2D eigenvalue weighted by molar-refractivity contribution is 0.243. The van der Waals surface area contributed by atoms with Crippen molar-refractivity contribution in [2.75, 3.05) is 6.61 Å². The van der Waals surface area contributed by atoms with Crippen LogP contribution in [0.4, 0.5) is 0 Å². The molecule has 0 heterocycles. The van der Waals surface area contributed by atoms with Gasteiger partial charge < -0.3 is 10.5 Å². The zero-order valence-electron chi connectivity index (χ0n) is 12.5. The van der Waals surface area contributed by atoms with Gasteiger partial charge in [0.15, 0.2) is 0 Å². The van der Waals surface area contributed by atoms with Gasteiger partial charge in [0.05, 0.1) is 6.61 Å². The first-order valence-electron chi connectivity index (χ1n) is 6.98. The first-order valence-corrected chi connectivity index (χ1v) is 7.78. The first kappa shape index (κ1) is 16.5. The molecule has 108 valence electrons. The first-order chi connectivity index (χ1) is 8.81. The van der Waals surface area contributed by atoms with Gasteiger partial charge in [-0.25, -0.2) is 0 Å². The van der Waals surface area contributed by atoms with Crippen LogP contribution in [0.25, 0.3) is 0 Å². The summed E-state index contributed by atoms with van der Waals surface area (Å²) in [6.45, 7) is 9.55. The molecular formula is C16H26BrNO. The Kier molecular flexibility index (Phi) is 6.34. The van der Waals surface area contributed by atoms with Crippen molar-refractivity contribution < 1.29 is 4.74 Å². The molecule has 1 unspecified atom stereocenters. The Morgan fingerprint density at radius 3 is 2.58 bits per heavy atom. The molecular weight excluding hydrogens is 302 g/mol. The summed E-state index contributed by atoms with van der Waals surface area (Å²) in [5, 5.41) is 0. The number of hydrogen-bond donors (Lipinski definition) is 1. The molecule has 1 aromatic carbocycles. The van der Waals surface area contributed by atoms with E-state index < -0.39 is 0 Å². The summed E-state index contributed by atoms with van der Waals surface area (Å²) in [6.07, 6.45) is 2.92. The van der Waals surface area contributed by atoms with Gasteiger partial charge in [-0.3, -0.25) is 0 Å². The van der Waals surface area contributed by atoms with Crippen LogP contribution in [-0.2, 0) is 6.42 Å². The van der Waals surface area contributed by atoms with Gasteiger partial charge in [-0.15, -0.1) is 0 Å². The average molecular weight is 328 g/mol. The topological polar surface area (TPSA) is 35.2 Å². The van der Waals surface area contributed by atoms with Crippen molar-refractivity contribution in [2.24, 2.45) is 11.1 Å². The lowest BCUT2D eigenvalue weighted by Gasteiger charge is -2.18. The zero-order chi connectivity index (χ0) is 14.5. The summed E-state index contributed by atoms with van der Waals surface area (Å²) in [5.74, 6) is 0.936. The van der Waals surface area contributed by atoms with Crippen molar-refractivity contribution in [2.45, 2.75) is 53.0 Å². The van der Waals surface area contributed by atoms with E-state index in [4.69, 9.17) is 10.5 Å². The van der Waals surface area contributed by atoms with Crippen LogP contribution in [0.1, 0.15) is 46.1 Å². The molecule has 0 spiro atoms. The van der Waals surface area contributed by atoms with E-state index in [-0.39, 0.29) is 6.04 Å². The number of ether oxygens (including phenoxy) is 1. The monoisotopic (exact) mass is 327 g/mol. The Labute approximate surface area is 125 Å². The summed E-state index contributed by atoms with van der Waals surface area (Å²) in [6, 6.07) is 6.36. The maximum atomic E-state index is 6.02. The van der Waals surface area contributed by atoms with E-state index in [0.717, 1.165) is 36.1 Å². The largest absolute Gasteiger partial charge is 0.494 e. The maximum absolute atomic E-state index is 6.02. The Morgan fingerprint density at radius 1 is 1.32 bits per heavy atom. The minimum atomic E-state index is 0.209. The van der Waals surface area contributed by atoms with Gasteiger partial charge in [0.1, 0.15) is 5.75 Å². The van der Waals surface area contributed by atoms with Gasteiger partial charge in [-0.05, 0) is 48.4 Å². The second kappa shape index (κ2) is 7.30. The fraction of sp³-hybridized carbons (Fsp3) is 0.625. The number of nitrogens with two attached hydrogens (primary N) is 1. The summed E-state index contributed by atoms with van der Waals surface area (Å²) in [7, 11) is 0. The maximum Gasteiger partial charge on any atom is 0.119 e. The molecule has 1 rings (SSSR count). The third-order valence-electron chi connectivity index (χ3n) is 3.14. The van der Waals surface area contributed by atoms with E-state index in [2.05, 4.69) is 49.7 Å². The Bertz CT molecular complexity index is 398. The molecule has 0 aliphatic carbocycles. The molecule has 0 amide bonds. The average Bonchev–Trinajstić information content (AvgIpc) is 2.31. The smallest absolute Gasteiger partial charge is 0.119 e. The Morgan fingerprint density at radius 2 is 2.00 bits per heavy atom. The van der Waals surface area contributed by atoms with Crippen LogP contribution in [0, 0.1) is 5.41 Å². The van der Waals surface area contributed by atoms with Crippen molar-refractivity contribution >= 4 is 15.9 Å². The molecule has 0 radical (unpaired) electrons. The molecule has 1 atom stereocenters. The van der Waals surface area contributed by atoms with Crippen molar-refractivity contribution in [1.29, 1.82) is 0 Å². The minimum Gasteiger partial charge on any atom is -0.494 e. The quantitative estimate of drug-likeness (QED) is 0.832. The molecule has 2 nitrogen and oxygen atoms in total. The van der Waals surface area contributed by atoms with Crippen molar-refractivity contribution in [1.82, 2.24) is 0 Å². The van der Waals surface area contributed by atoms with Gasteiger partial charge in [0.25, 0.3) is 0 Å². The molecule has 0 aromatic heterocycles. The minimum absolute atomic E-state index is 0.209. The lowest BCUT2D eigenvalue weighted by atomic mass is 9.93. The second-order valence-electron chi connectivity index (χ2n) is 6.28. The predicted molar refractivity (Wildman–Crippen MR) is 85.7 cm³/mol. The van der Waals surface area contributed by atoms with Crippen molar-refractivity contribution in [3.8, 4) is 5.75 Å². The van der Waals surface area contributed by atoms with Gasteiger partial charge in [-0.1, -0.05) is 43.6 Å². The summed E-state index contributed by atoms with van der Waals surface area (Å²) < 4.78 is 6.94. The van der Waals surface area contributed by atoms with Crippen molar-refractivity contribution in [3.63, 3.8) is 0 Å². The van der Waals surface area contributed by atoms with Crippen LogP contribution in [0.15, 0.2) is 22.7 Å². The highest BCUT2D eigenvalue weighted by Gasteiger charge is 2.11. The molecule has 3 heteroatoms. The number of hydrogen-bond acceptors (Lipinski definition) is 2. The highest BCUT2D eigenvalue weighted by atomic mass is 79.9. The SMILES string of the molecule is CCC(N)Cc1cc(OCCC(C)(C)C)ccc1Br. The normalized spacial score (nSPS) is 13.4. The molecule has 0 saturated heterocycles. The van der Waals surface area contributed by atoms with Crippen LogP contribution >= 0.6 is 15.9 Å². The molecule has 1 aromatic rings. The third-order valence-corrected chi connectivity index (χ3v) is 3.92. The van der Waals surface area contributed by atoms with Crippen LogP contribution in [0.2, 0.25) is 0 Å². The highest BCUT2D eigenvalue weighted by molar-refractivity contribution is 9.10. The molecule has 2 N–H and O–H groups in total. The number of benzene rings is 1. The summed E-state index contributed by atoms with van der Waals surface area (Å²) >= 11 is 3.58. The number of rotatable bonds is 6. The second-order valence-corrected chi connectivity index (χ2v) is 7.14. The van der Waals surface area contributed by atoms with Gasteiger partial charge >= 0.3 is 0 Å².